The molecule has 0 aromatic rings. The summed E-state index contributed by atoms with van der Waals surface area (Å²) in [5.74, 6) is -0.0577. The zero-order chi connectivity index (χ0) is 11.2. The largest absolute Gasteiger partial charge is 0.296 e. The number of carbonyl (C=O) groups excluding carboxylic acids is 2. The van der Waals surface area contributed by atoms with Crippen LogP contribution in [0.15, 0.2) is 0 Å². The summed E-state index contributed by atoms with van der Waals surface area (Å²) in [5.41, 5.74) is 0.224. The lowest BCUT2D eigenvalue weighted by molar-refractivity contribution is -0.130. The number of hydrogen-bond donors (Lipinski definition) is 1. The van der Waals surface area contributed by atoms with Crippen molar-refractivity contribution in [3.8, 4) is 0 Å². The van der Waals surface area contributed by atoms with Crippen LogP contribution >= 0.6 is 0 Å². The summed E-state index contributed by atoms with van der Waals surface area (Å²) >= 11 is 0. The van der Waals surface area contributed by atoms with Gasteiger partial charge < -0.3 is 0 Å². The van der Waals surface area contributed by atoms with Crippen molar-refractivity contribution in [1.82, 2.24) is 5.32 Å². The molecular formula is C13H19NO2. The Morgan fingerprint density at radius 1 is 0.875 bits per heavy atom. The van der Waals surface area contributed by atoms with Crippen LogP contribution in [0, 0.1) is 10.8 Å². The van der Waals surface area contributed by atoms with Crippen molar-refractivity contribution in [1.29, 1.82) is 0 Å². The summed E-state index contributed by atoms with van der Waals surface area (Å²) < 4.78 is 0. The monoisotopic (exact) mass is 221 g/mol. The molecule has 2 amide bonds. The van der Waals surface area contributed by atoms with E-state index in [1.54, 1.807) is 0 Å². The fourth-order valence-electron chi connectivity index (χ4n) is 3.98. The summed E-state index contributed by atoms with van der Waals surface area (Å²) in [6.45, 7) is 0. The molecule has 0 atom stereocenters. The first-order valence-corrected chi connectivity index (χ1v) is 6.49. The van der Waals surface area contributed by atoms with E-state index in [1.807, 2.05) is 0 Å². The van der Waals surface area contributed by atoms with Crippen LogP contribution in [0.3, 0.4) is 0 Å². The van der Waals surface area contributed by atoms with Gasteiger partial charge in [0.25, 0.3) is 0 Å². The van der Waals surface area contributed by atoms with E-state index in [0.29, 0.717) is 11.8 Å². The van der Waals surface area contributed by atoms with E-state index in [9.17, 15) is 9.59 Å². The summed E-state index contributed by atoms with van der Waals surface area (Å²) in [7, 11) is 0. The van der Waals surface area contributed by atoms with Crippen LogP contribution in [-0.4, -0.2) is 11.8 Å². The molecule has 3 heteroatoms. The van der Waals surface area contributed by atoms with Gasteiger partial charge in [-0.15, -0.1) is 0 Å². The van der Waals surface area contributed by atoms with E-state index < -0.39 is 0 Å². The highest BCUT2D eigenvalue weighted by Gasteiger charge is 2.51. The highest BCUT2D eigenvalue weighted by molar-refractivity contribution is 6.05. The first-order chi connectivity index (χ1) is 7.64. The van der Waals surface area contributed by atoms with Crippen LogP contribution < -0.4 is 5.32 Å². The molecule has 2 aliphatic carbocycles. The Hall–Kier alpha value is -0.860. The van der Waals surface area contributed by atoms with Gasteiger partial charge >= 0.3 is 0 Å². The zero-order valence-electron chi connectivity index (χ0n) is 9.68. The molecule has 0 aromatic carbocycles. The fourth-order valence-corrected chi connectivity index (χ4v) is 3.98. The third-order valence-corrected chi connectivity index (χ3v) is 5.17. The second-order valence-corrected chi connectivity index (χ2v) is 6.04. The molecule has 0 unspecified atom stereocenters. The lowest BCUT2D eigenvalue weighted by Gasteiger charge is -2.41. The van der Waals surface area contributed by atoms with Crippen molar-refractivity contribution in [2.24, 2.45) is 10.8 Å². The van der Waals surface area contributed by atoms with Crippen molar-refractivity contribution in [3.05, 3.63) is 0 Å². The van der Waals surface area contributed by atoms with Crippen LogP contribution in [0.4, 0.5) is 0 Å². The molecule has 3 nitrogen and oxygen atoms in total. The third-order valence-electron chi connectivity index (χ3n) is 5.17. The summed E-state index contributed by atoms with van der Waals surface area (Å²) in [6, 6.07) is 0. The van der Waals surface area contributed by atoms with Crippen LogP contribution in [0.2, 0.25) is 0 Å². The quantitative estimate of drug-likeness (QED) is 0.637. The Balaban J connectivity index is 1.74. The maximum Gasteiger partial charge on any atom is 0.233 e. The minimum absolute atomic E-state index is 0.00495. The number of amides is 2. The molecule has 1 aliphatic heterocycles. The molecule has 0 aromatic heterocycles. The predicted molar refractivity (Wildman–Crippen MR) is 59.6 cm³/mol. The van der Waals surface area contributed by atoms with Crippen LogP contribution in [-0.2, 0) is 9.59 Å². The highest BCUT2D eigenvalue weighted by atomic mass is 16.2. The predicted octanol–water partition coefficient (Wildman–Crippen LogP) is 2.15. The molecule has 2 spiro atoms. The van der Waals surface area contributed by atoms with Crippen LogP contribution in [0.5, 0.6) is 0 Å². The van der Waals surface area contributed by atoms with Crippen molar-refractivity contribution in [2.45, 2.75) is 57.8 Å². The first-order valence-electron chi connectivity index (χ1n) is 6.49. The average Bonchev–Trinajstić information content (AvgIpc) is 2.80. The maximum atomic E-state index is 11.8. The van der Waals surface area contributed by atoms with Crippen LogP contribution in [0.1, 0.15) is 57.8 Å². The number of hydrogen-bond acceptors (Lipinski definition) is 2. The van der Waals surface area contributed by atoms with E-state index in [1.165, 1.54) is 25.7 Å². The van der Waals surface area contributed by atoms with Crippen molar-refractivity contribution >= 4 is 11.8 Å². The number of nitrogens with one attached hydrogen (secondary N) is 1. The molecule has 16 heavy (non-hydrogen) atoms. The standard InChI is InChI=1S/C13H19NO2/c15-10-9-13(11(16)14-10)7-5-12(6-8-13)3-1-2-4-12/h1-9H2,(H,14,15,16). The fraction of sp³-hybridized carbons (Fsp3) is 0.846. The van der Waals surface area contributed by atoms with Gasteiger partial charge in [0.15, 0.2) is 0 Å². The molecule has 1 saturated heterocycles. The summed E-state index contributed by atoms with van der Waals surface area (Å²) in [5, 5.41) is 2.48. The second-order valence-electron chi connectivity index (χ2n) is 6.04. The molecule has 0 radical (unpaired) electrons. The van der Waals surface area contributed by atoms with E-state index in [-0.39, 0.29) is 17.2 Å². The molecule has 2 saturated carbocycles. The highest BCUT2D eigenvalue weighted by Crippen LogP contribution is 2.55. The lowest BCUT2D eigenvalue weighted by Crippen LogP contribution is -2.38. The number of carbonyl (C=O) groups is 2. The second kappa shape index (κ2) is 3.31. The lowest BCUT2D eigenvalue weighted by atomic mass is 9.62. The molecular weight excluding hydrogens is 202 g/mol. The minimum atomic E-state index is -0.315. The molecule has 1 N–H and O–H groups in total. The molecule has 88 valence electrons. The molecule has 3 fully saturated rings. The zero-order valence-corrected chi connectivity index (χ0v) is 9.68. The van der Waals surface area contributed by atoms with Gasteiger partial charge in [-0.2, -0.15) is 0 Å². The summed E-state index contributed by atoms with van der Waals surface area (Å²) in [6.07, 6.45) is 10.0. The van der Waals surface area contributed by atoms with Gasteiger partial charge in [-0.1, -0.05) is 12.8 Å². The molecule has 0 bridgehead atoms. The van der Waals surface area contributed by atoms with Crippen LogP contribution in [0.25, 0.3) is 0 Å². The van der Waals surface area contributed by atoms with E-state index in [4.69, 9.17) is 0 Å². The Morgan fingerprint density at radius 3 is 2.00 bits per heavy atom. The first kappa shape index (κ1) is 10.3. The van der Waals surface area contributed by atoms with Gasteiger partial charge in [0.05, 0.1) is 5.41 Å². The number of rotatable bonds is 0. The van der Waals surface area contributed by atoms with Crippen molar-refractivity contribution < 1.29 is 9.59 Å². The smallest absolute Gasteiger partial charge is 0.233 e. The van der Waals surface area contributed by atoms with Gasteiger partial charge in [0.2, 0.25) is 11.8 Å². The van der Waals surface area contributed by atoms with Crippen molar-refractivity contribution in [3.63, 3.8) is 0 Å². The van der Waals surface area contributed by atoms with Crippen molar-refractivity contribution in [2.75, 3.05) is 0 Å². The van der Waals surface area contributed by atoms with E-state index in [0.717, 1.165) is 25.7 Å². The Bertz CT molecular complexity index is 332. The topological polar surface area (TPSA) is 46.2 Å². The van der Waals surface area contributed by atoms with Gasteiger partial charge in [-0.05, 0) is 43.9 Å². The minimum Gasteiger partial charge on any atom is -0.296 e. The van der Waals surface area contributed by atoms with E-state index >= 15 is 0 Å². The molecule has 3 aliphatic rings. The molecule has 3 rings (SSSR count). The number of imide groups is 1. The average molecular weight is 221 g/mol. The van der Waals surface area contributed by atoms with E-state index in [2.05, 4.69) is 5.32 Å². The van der Waals surface area contributed by atoms with Gasteiger partial charge in [0.1, 0.15) is 0 Å². The Labute approximate surface area is 96.0 Å². The Kier molecular flexibility index (Phi) is 2.13. The van der Waals surface area contributed by atoms with Gasteiger partial charge in [0, 0.05) is 6.42 Å². The molecule has 1 heterocycles. The Morgan fingerprint density at radius 2 is 1.50 bits per heavy atom. The normalized spacial score (nSPS) is 31.2. The van der Waals surface area contributed by atoms with Gasteiger partial charge in [-0.25, -0.2) is 0 Å². The van der Waals surface area contributed by atoms with Gasteiger partial charge in [-0.3, -0.25) is 14.9 Å². The maximum absolute atomic E-state index is 11.8. The summed E-state index contributed by atoms with van der Waals surface area (Å²) in [4.78, 5) is 23.1. The SMILES string of the molecule is O=C1CC2(CCC3(CCCC3)CC2)C(=O)N1. The third kappa shape index (κ3) is 1.40.